The van der Waals surface area contributed by atoms with Gasteiger partial charge in [-0.1, -0.05) is 68.3 Å². The maximum atomic E-state index is 13.5. The Bertz CT molecular complexity index is 1100. The van der Waals surface area contributed by atoms with Gasteiger partial charge in [-0.25, -0.2) is 8.42 Å². The Kier molecular flexibility index (Phi) is 11.4. The van der Waals surface area contributed by atoms with Crippen LogP contribution >= 0.6 is 0 Å². The molecule has 0 saturated carbocycles. The highest BCUT2D eigenvalue weighted by Crippen LogP contribution is 2.23. The standard InChI is InChI=1S/C28H41N3O4S/c1-6-8-19-29-28(33)25(7-2)30(21-24-17-15-22(3)16-18-24)27(32)14-11-20-31(36(5,34)35)26-13-10-9-12-23(26)4/h9-10,12-13,15-18,25H,6-8,11,14,19-21H2,1-5H3,(H,29,33). The van der Waals surface area contributed by atoms with Crippen LogP contribution in [0.5, 0.6) is 0 Å². The molecule has 1 atom stereocenters. The fourth-order valence-electron chi connectivity index (χ4n) is 4.14. The largest absolute Gasteiger partial charge is 0.354 e. The molecule has 0 aliphatic carbocycles. The van der Waals surface area contributed by atoms with Gasteiger partial charge in [0.15, 0.2) is 0 Å². The summed E-state index contributed by atoms with van der Waals surface area (Å²) in [6.07, 6.45) is 4.02. The van der Waals surface area contributed by atoms with Crippen LogP contribution in [-0.2, 0) is 26.2 Å². The van der Waals surface area contributed by atoms with Crippen molar-refractivity contribution < 1.29 is 18.0 Å². The van der Waals surface area contributed by atoms with E-state index in [4.69, 9.17) is 0 Å². The second kappa shape index (κ2) is 14.0. The fraction of sp³-hybridized carbons (Fsp3) is 0.500. The summed E-state index contributed by atoms with van der Waals surface area (Å²) in [6.45, 7) is 8.93. The van der Waals surface area contributed by atoms with E-state index in [1.54, 1.807) is 17.0 Å². The number of hydrogen-bond donors (Lipinski definition) is 1. The lowest BCUT2D eigenvalue weighted by Gasteiger charge is -2.31. The molecule has 0 fully saturated rings. The molecule has 7 nitrogen and oxygen atoms in total. The molecule has 0 saturated heterocycles. The van der Waals surface area contributed by atoms with Crippen molar-refractivity contribution in [3.63, 3.8) is 0 Å². The summed E-state index contributed by atoms with van der Waals surface area (Å²) in [5.74, 6) is -0.310. The van der Waals surface area contributed by atoms with Crippen molar-refractivity contribution in [2.24, 2.45) is 0 Å². The smallest absolute Gasteiger partial charge is 0.242 e. The number of aryl methyl sites for hydroxylation is 2. The number of amides is 2. The number of hydrogen-bond acceptors (Lipinski definition) is 4. The molecule has 1 N–H and O–H groups in total. The molecule has 0 aliphatic heterocycles. The number of sulfonamides is 1. The van der Waals surface area contributed by atoms with Gasteiger partial charge in [0.2, 0.25) is 21.8 Å². The Labute approximate surface area is 216 Å². The maximum Gasteiger partial charge on any atom is 0.242 e. The fourth-order valence-corrected chi connectivity index (χ4v) is 5.16. The lowest BCUT2D eigenvalue weighted by molar-refractivity contribution is -0.141. The van der Waals surface area contributed by atoms with Crippen molar-refractivity contribution in [3.8, 4) is 0 Å². The first-order chi connectivity index (χ1) is 17.1. The molecule has 198 valence electrons. The highest BCUT2D eigenvalue weighted by atomic mass is 32.2. The van der Waals surface area contributed by atoms with Crippen LogP contribution in [0, 0.1) is 13.8 Å². The predicted molar refractivity (Wildman–Crippen MR) is 146 cm³/mol. The number of carbonyl (C=O) groups is 2. The number of nitrogens with zero attached hydrogens (tertiary/aromatic N) is 2. The molecule has 2 amide bonds. The van der Waals surface area contributed by atoms with Gasteiger partial charge in [0.25, 0.3) is 0 Å². The summed E-state index contributed by atoms with van der Waals surface area (Å²) in [5, 5.41) is 2.97. The minimum atomic E-state index is -3.51. The van der Waals surface area contributed by atoms with Crippen LogP contribution in [0.3, 0.4) is 0 Å². The predicted octanol–water partition coefficient (Wildman–Crippen LogP) is 4.57. The SMILES string of the molecule is CCCCNC(=O)C(CC)N(Cc1ccc(C)cc1)C(=O)CCCN(c1ccccc1C)S(C)(=O)=O. The zero-order valence-corrected chi connectivity index (χ0v) is 23.1. The first-order valence-corrected chi connectivity index (χ1v) is 14.6. The van der Waals surface area contributed by atoms with Crippen molar-refractivity contribution in [1.29, 1.82) is 0 Å². The van der Waals surface area contributed by atoms with E-state index < -0.39 is 16.1 Å². The third kappa shape index (κ3) is 8.66. The van der Waals surface area contributed by atoms with E-state index >= 15 is 0 Å². The molecule has 8 heteroatoms. The van der Waals surface area contributed by atoms with Crippen LogP contribution in [0.4, 0.5) is 5.69 Å². The summed E-state index contributed by atoms with van der Waals surface area (Å²) in [4.78, 5) is 28.1. The average molecular weight is 516 g/mol. The minimum absolute atomic E-state index is 0.141. The second-order valence-corrected chi connectivity index (χ2v) is 11.2. The van der Waals surface area contributed by atoms with Gasteiger partial charge < -0.3 is 10.2 Å². The van der Waals surface area contributed by atoms with Crippen molar-refractivity contribution >= 4 is 27.5 Å². The normalized spacial score (nSPS) is 12.1. The van der Waals surface area contributed by atoms with Gasteiger partial charge in [-0.2, -0.15) is 0 Å². The topological polar surface area (TPSA) is 86.8 Å². The molecule has 0 spiro atoms. The van der Waals surface area contributed by atoms with Crippen LogP contribution in [0.2, 0.25) is 0 Å². The lowest BCUT2D eigenvalue weighted by atomic mass is 10.1. The number of unbranched alkanes of at least 4 members (excludes halogenated alkanes) is 1. The highest BCUT2D eigenvalue weighted by Gasteiger charge is 2.28. The Morgan fingerprint density at radius 3 is 2.22 bits per heavy atom. The van der Waals surface area contributed by atoms with Gasteiger partial charge in [-0.15, -0.1) is 0 Å². The lowest BCUT2D eigenvalue weighted by Crippen LogP contribution is -2.49. The van der Waals surface area contributed by atoms with Crippen LogP contribution in [0.1, 0.15) is 62.6 Å². The van der Waals surface area contributed by atoms with E-state index in [9.17, 15) is 18.0 Å². The summed E-state index contributed by atoms with van der Waals surface area (Å²) in [6, 6.07) is 14.7. The molecule has 0 bridgehead atoms. The Hall–Kier alpha value is -2.87. The maximum absolute atomic E-state index is 13.5. The van der Waals surface area contributed by atoms with Crippen LogP contribution < -0.4 is 9.62 Å². The Balaban J connectivity index is 2.20. The molecule has 36 heavy (non-hydrogen) atoms. The van der Waals surface area contributed by atoms with E-state index in [0.717, 1.165) is 29.5 Å². The summed E-state index contributed by atoms with van der Waals surface area (Å²) >= 11 is 0. The van der Waals surface area contributed by atoms with E-state index in [0.29, 0.717) is 31.6 Å². The Morgan fingerprint density at radius 2 is 1.64 bits per heavy atom. The summed E-state index contributed by atoms with van der Waals surface area (Å²) in [5.41, 5.74) is 3.54. The highest BCUT2D eigenvalue weighted by molar-refractivity contribution is 7.92. The van der Waals surface area contributed by atoms with Gasteiger partial charge in [-0.05, 0) is 50.3 Å². The molecule has 1 unspecified atom stereocenters. The van der Waals surface area contributed by atoms with Gasteiger partial charge in [-0.3, -0.25) is 13.9 Å². The van der Waals surface area contributed by atoms with Crippen LogP contribution in [0.25, 0.3) is 0 Å². The van der Waals surface area contributed by atoms with Gasteiger partial charge in [0.1, 0.15) is 6.04 Å². The number of benzene rings is 2. The average Bonchev–Trinajstić information content (AvgIpc) is 2.83. The molecule has 0 aliphatic rings. The number of nitrogens with one attached hydrogen (secondary N) is 1. The minimum Gasteiger partial charge on any atom is -0.354 e. The molecule has 2 aromatic carbocycles. The molecule has 2 aromatic rings. The summed E-state index contributed by atoms with van der Waals surface area (Å²) < 4.78 is 26.4. The van der Waals surface area contributed by atoms with E-state index in [1.807, 2.05) is 57.2 Å². The van der Waals surface area contributed by atoms with Crippen molar-refractivity contribution in [2.75, 3.05) is 23.7 Å². The third-order valence-electron chi connectivity index (χ3n) is 6.23. The number of anilines is 1. The zero-order valence-electron chi connectivity index (χ0n) is 22.3. The number of rotatable bonds is 14. The van der Waals surface area contributed by atoms with E-state index in [-0.39, 0.29) is 24.8 Å². The van der Waals surface area contributed by atoms with E-state index in [1.165, 1.54) is 10.6 Å². The van der Waals surface area contributed by atoms with Crippen molar-refractivity contribution in [1.82, 2.24) is 10.2 Å². The first kappa shape index (κ1) is 29.4. The molecule has 0 aromatic heterocycles. The molecular weight excluding hydrogens is 474 g/mol. The van der Waals surface area contributed by atoms with Gasteiger partial charge in [0.05, 0.1) is 11.9 Å². The van der Waals surface area contributed by atoms with Crippen molar-refractivity contribution in [3.05, 3.63) is 65.2 Å². The summed E-state index contributed by atoms with van der Waals surface area (Å²) in [7, 11) is -3.51. The van der Waals surface area contributed by atoms with Crippen LogP contribution in [0.15, 0.2) is 48.5 Å². The quantitative estimate of drug-likeness (QED) is 0.373. The van der Waals surface area contributed by atoms with Gasteiger partial charge in [0, 0.05) is 26.1 Å². The monoisotopic (exact) mass is 515 g/mol. The molecule has 0 heterocycles. The molecule has 2 rings (SSSR count). The molecular formula is C28H41N3O4S. The second-order valence-electron chi connectivity index (χ2n) is 9.30. The van der Waals surface area contributed by atoms with Crippen LogP contribution in [-0.4, -0.2) is 50.5 Å². The molecule has 0 radical (unpaired) electrons. The van der Waals surface area contributed by atoms with E-state index in [2.05, 4.69) is 12.2 Å². The van der Waals surface area contributed by atoms with Crippen molar-refractivity contribution in [2.45, 2.75) is 72.4 Å². The number of carbonyl (C=O) groups excluding carboxylic acids is 2. The number of para-hydroxylation sites is 1. The van der Waals surface area contributed by atoms with Gasteiger partial charge >= 0.3 is 0 Å². The third-order valence-corrected chi connectivity index (χ3v) is 7.41. The zero-order chi connectivity index (χ0) is 26.7. The first-order valence-electron chi connectivity index (χ1n) is 12.7. The Morgan fingerprint density at radius 1 is 0.972 bits per heavy atom.